The van der Waals surface area contributed by atoms with E-state index in [0.717, 1.165) is 16.5 Å². The maximum absolute atomic E-state index is 12.3. The first-order valence-electron chi connectivity index (χ1n) is 9.19. The summed E-state index contributed by atoms with van der Waals surface area (Å²) in [6.45, 7) is 3.20. The van der Waals surface area contributed by atoms with E-state index in [4.69, 9.17) is 11.6 Å². The molecule has 152 valence electrons. The van der Waals surface area contributed by atoms with Gasteiger partial charge in [-0.25, -0.2) is 0 Å². The Morgan fingerprint density at radius 1 is 1.21 bits per heavy atom. The highest BCUT2D eigenvalue weighted by molar-refractivity contribution is 7.99. The van der Waals surface area contributed by atoms with Gasteiger partial charge in [0.2, 0.25) is 0 Å². The Morgan fingerprint density at radius 2 is 2.00 bits per heavy atom. The molecule has 0 saturated carbocycles. The zero-order valence-corrected chi connectivity index (χ0v) is 18.3. The lowest BCUT2D eigenvalue weighted by Gasteiger charge is -2.08. The Hall–Kier alpha value is -2.16. The molecule has 0 spiro atoms. The van der Waals surface area contributed by atoms with Gasteiger partial charge in [-0.05, 0) is 36.1 Å². The van der Waals surface area contributed by atoms with E-state index in [-0.39, 0.29) is 11.7 Å². The van der Waals surface area contributed by atoms with Gasteiger partial charge in [-0.3, -0.25) is 9.59 Å². The van der Waals surface area contributed by atoms with E-state index in [0.29, 0.717) is 41.6 Å². The number of ketones is 1. The normalized spacial score (nSPS) is 10.8. The predicted molar refractivity (Wildman–Crippen MR) is 117 cm³/mol. The molecule has 0 fully saturated rings. The summed E-state index contributed by atoms with van der Waals surface area (Å²) in [5, 5.41) is 14.6. The maximum atomic E-state index is 12.3. The van der Waals surface area contributed by atoms with Crippen LogP contribution in [-0.4, -0.2) is 38.8 Å². The molecule has 6 nitrogen and oxygen atoms in total. The van der Waals surface area contributed by atoms with Gasteiger partial charge in [-0.1, -0.05) is 41.6 Å². The van der Waals surface area contributed by atoms with Crippen LogP contribution in [0.2, 0.25) is 5.02 Å². The monoisotopic (exact) mass is 448 g/mol. The summed E-state index contributed by atoms with van der Waals surface area (Å²) >= 11 is 8.68. The van der Waals surface area contributed by atoms with E-state index in [1.165, 1.54) is 23.1 Å². The van der Waals surface area contributed by atoms with E-state index in [1.807, 2.05) is 35.1 Å². The molecule has 0 bridgehead atoms. The molecule has 0 unspecified atom stereocenters. The lowest BCUT2D eigenvalue weighted by molar-refractivity contribution is -0.116. The van der Waals surface area contributed by atoms with Gasteiger partial charge in [-0.2, -0.15) is 0 Å². The van der Waals surface area contributed by atoms with E-state index >= 15 is 0 Å². The molecule has 3 aromatic rings. The molecule has 1 aromatic carbocycles. The fourth-order valence-electron chi connectivity index (χ4n) is 2.74. The van der Waals surface area contributed by atoms with Gasteiger partial charge >= 0.3 is 0 Å². The van der Waals surface area contributed by atoms with Crippen LogP contribution in [0.4, 0.5) is 0 Å². The number of carbonyl (C=O) groups is 2. The second-order valence-corrected chi connectivity index (χ2v) is 8.58. The number of nitrogens with one attached hydrogen (secondary N) is 1. The van der Waals surface area contributed by atoms with E-state index < -0.39 is 0 Å². The summed E-state index contributed by atoms with van der Waals surface area (Å²) in [4.78, 5) is 25.0. The highest BCUT2D eigenvalue weighted by atomic mass is 35.5. The Morgan fingerprint density at radius 3 is 2.69 bits per heavy atom. The van der Waals surface area contributed by atoms with Crippen molar-refractivity contribution in [1.29, 1.82) is 0 Å². The molecule has 0 aliphatic heterocycles. The average Bonchev–Trinajstić information content (AvgIpc) is 3.38. The second kappa shape index (κ2) is 10.6. The fraction of sp³-hybridized carbons (Fsp3) is 0.300. The quantitative estimate of drug-likeness (QED) is 0.476. The number of carbonyl (C=O) groups excluding carboxylic acids is 2. The number of rotatable bonds is 10. The zero-order valence-electron chi connectivity index (χ0n) is 15.9. The van der Waals surface area contributed by atoms with Crippen molar-refractivity contribution in [3.8, 4) is 0 Å². The number of Topliss-reactive ketones (excluding diaryl/α,β-unsaturated/α-hetero) is 1. The molecule has 29 heavy (non-hydrogen) atoms. The average molecular weight is 449 g/mol. The summed E-state index contributed by atoms with van der Waals surface area (Å²) in [6, 6.07) is 10.9. The van der Waals surface area contributed by atoms with Crippen LogP contribution in [0, 0.1) is 0 Å². The highest BCUT2D eigenvalue weighted by Gasteiger charge is 2.14. The third-order valence-corrected chi connectivity index (χ3v) is 6.31. The Bertz CT molecular complexity index is 956. The lowest BCUT2D eigenvalue weighted by atomic mass is 10.1. The van der Waals surface area contributed by atoms with Crippen molar-refractivity contribution in [2.24, 2.45) is 0 Å². The Kier molecular flexibility index (Phi) is 7.85. The number of nitrogens with zero attached hydrogens (tertiary/aromatic N) is 3. The highest BCUT2D eigenvalue weighted by Crippen LogP contribution is 2.18. The molecule has 0 aliphatic carbocycles. The fourth-order valence-corrected chi connectivity index (χ4v) is 4.38. The molecule has 9 heteroatoms. The first-order chi connectivity index (χ1) is 14.1. The standard InChI is InChI=1S/C20H21ClN4O2S2/c1-2-25-18(9-10-22-19(27)17-4-3-11-28-17)23-24-20(25)29-13-16(26)12-14-5-7-15(21)8-6-14/h3-8,11H,2,9-10,12-13H2,1H3,(H,22,27). The van der Waals surface area contributed by atoms with Crippen molar-refractivity contribution in [3.05, 3.63) is 63.1 Å². The molecule has 1 amide bonds. The number of thiophene rings is 1. The van der Waals surface area contributed by atoms with Gasteiger partial charge < -0.3 is 9.88 Å². The van der Waals surface area contributed by atoms with E-state index in [2.05, 4.69) is 15.5 Å². The van der Waals surface area contributed by atoms with Gasteiger partial charge in [0, 0.05) is 31.0 Å². The summed E-state index contributed by atoms with van der Waals surface area (Å²) in [6.07, 6.45) is 0.948. The Labute approximate surface area is 182 Å². The molecular weight excluding hydrogens is 428 g/mol. The number of aromatic nitrogens is 3. The van der Waals surface area contributed by atoms with Crippen LogP contribution in [0.5, 0.6) is 0 Å². The van der Waals surface area contributed by atoms with Crippen molar-refractivity contribution < 1.29 is 9.59 Å². The Balaban J connectivity index is 1.50. The second-order valence-electron chi connectivity index (χ2n) is 6.26. The number of hydrogen-bond donors (Lipinski definition) is 1. The SMILES string of the molecule is CCn1c(CCNC(=O)c2cccs2)nnc1SCC(=O)Cc1ccc(Cl)cc1. The van der Waals surface area contributed by atoms with Gasteiger partial charge in [0.1, 0.15) is 11.6 Å². The van der Waals surface area contributed by atoms with Crippen molar-refractivity contribution in [2.75, 3.05) is 12.3 Å². The summed E-state index contributed by atoms with van der Waals surface area (Å²) in [7, 11) is 0. The van der Waals surface area contributed by atoms with Crippen molar-refractivity contribution in [3.63, 3.8) is 0 Å². The van der Waals surface area contributed by atoms with E-state index in [1.54, 1.807) is 18.2 Å². The zero-order chi connectivity index (χ0) is 20.6. The number of benzene rings is 1. The van der Waals surface area contributed by atoms with Gasteiger partial charge in [0.05, 0.1) is 10.6 Å². The first-order valence-corrected chi connectivity index (χ1v) is 11.4. The molecule has 0 aliphatic rings. The number of hydrogen-bond acceptors (Lipinski definition) is 6. The maximum Gasteiger partial charge on any atom is 0.261 e. The van der Waals surface area contributed by atoms with Gasteiger partial charge in [0.25, 0.3) is 5.91 Å². The van der Waals surface area contributed by atoms with Crippen LogP contribution in [-0.2, 0) is 24.2 Å². The van der Waals surface area contributed by atoms with Crippen molar-refractivity contribution >= 4 is 46.4 Å². The van der Waals surface area contributed by atoms with Gasteiger partial charge in [-0.15, -0.1) is 21.5 Å². The minimum atomic E-state index is -0.0787. The smallest absolute Gasteiger partial charge is 0.261 e. The first kappa shape index (κ1) is 21.5. The summed E-state index contributed by atoms with van der Waals surface area (Å²) < 4.78 is 1.98. The molecule has 1 N–H and O–H groups in total. The molecule has 0 atom stereocenters. The summed E-state index contributed by atoms with van der Waals surface area (Å²) in [5.74, 6) is 1.17. The van der Waals surface area contributed by atoms with Gasteiger partial charge in [0.15, 0.2) is 5.16 Å². The van der Waals surface area contributed by atoms with Crippen LogP contribution in [0.3, 0.4) is 0 Å². The van der Waals surface area contributed by atoms with Crippen LogP contribution in [0.1, 0.15) is 28.0 Å². The van der Waals surface area contributed by atoms with Crippen LogP contribution in [0.25, 0.3) is 0 Å². The van der Waals surface area contributed by atoms with Crippen LogP contribution < -0.4 is 5.32 Å². The molecule has 2 aromatic heterocycles. The minimum absolute atomic E-state index is 0.0787. The third-order valence-electron chi connectivity index (χ3n) is 4.17. The van der Waals surface area contributed by atoms with Crippen molar-refractivity contribution in [1.82, 2.24) is 20.1 Å². The molecule has 3 rings (SSSR count). The topological polar surface area (TPSA) is 76.9 Å². The lowest BCUT2D eigenvalue weighted by Crippen LogP contribution is -2.25. The molecule has 2 heterocycles. The van der Waals surface area contributed by atoms with E-state index in [9.17, 15) is 9.59 Å². The number of amides is 1. The molecule has 0 radical (unpaired) electrons. The van der Waals surface area contributed by atoms with Crippen LogP contribution >= 0.6 is 34.7 Å². The number of thioether (sulfide) groups is 1. The predicted octanol–water partition coefficient (Wildman–Crippen LogP) is 3.89. The molecular formula is C20H21ClN4O2S2. The number of halogens is 1. The molecule has 0 saturated heterocycles. The van der Waals surface area contributed by atoms with Crippen molar-refractivity contribution in [2.45, 2.75) is 31.5 Å². The summed E-state index contributed by atoms with van der Waals surface area (Å²) in [5.41, 5.74) is 0.944. The van der Waals surface area contributed by atoms with Crippen LogP contribution in [0.15, 0.2) is 46.9 Å². The minimum Gasteiger partial charge on any atom is -0.351 e. The largest absolute Gasteiger partial charge is 0.351 e. The third kappa shape index (κ3) is 6.16.